The van der Waals surface area contributed by atoms with Crippen molar-refractivity contribution in [1.82, 2.24) is 5.32 Å². The van der Waals surface area contributed by atoms with Gasteiger partial charge in [0, 0.05) is 32.7 Å². The van der Waals surface area contributed by atoms with Crippen LogP contribution < -0.4 is 24.0 Å². The topological polar surface area (TPSA) is 71.1 Å². The average Bonchev–Trinajstić information content (AvgIpc) is 2.77. The Balaban J connectivity index is 2.06. The first-order valence-electron chi connectivity index (χ1n) is 9.82. The summed E-state index contributed by atoms with van der Waals surface area (Å²) in [6.45, 7) is 5.61. The molecule has 1 aliphatic rings. The largest absolute Gasteiger partial charge is 0.495 e. The van der Waals surface area contributed by atoms with Crippen LogP contribution in [0.2, 0.25) is 0 Å². The van der Waals surface area contributed by atoms with E-state index in [1.807, 2.05) is 19.1 Å². The Hall–Kier alpha value is -2.45. The molecule has 0 aromatic heterocycles. The lowest BCUT2D eigenvalue weighted by Crippen LogP contribution is -2.43. The number of benzene rings is 2. The average molecular weight is 420 g/mol. The predicted octanol–water partition coefficient (Wildman–Crippen LogP) is 2.72. The molecule has 3 rings (SSSR count). The molecule has 1 heterocycles. The molecule has 8 heteroatoms. The van der Waals surface area contributed by atoms with Gasteiger partial charge in [-0.3, -0.25) is 4.31 Å². The van der Waals surface area contributed by atoms with Crippen LogP contribution in [0.4, 0.5) is 11.4 Å². The summed E-state index contributed by atoms with van der Waals surface area (Å²) in [6.07, 6.45) is 0.679. The Morgan fingerprint density at radius 2 is 1.72 bits per heavy atom. The molecule has 158 valence electrons. The second-order valence-electron chi connectivity index (χ2n) is 6.82. The van der Waals surface area contributed by atoms with Crippen molar-refractivity contribution in [3.8, 4) is 11.5 Å². The fourth-order valence-corrected chi connectivity index (χ4v) is 5.11. The van der Waals surface area contributed by atoms with Crippen molar-refractivity contribution in [2.24, 2.45) is 0 Å². The van der Waals surface area contributed by atoms with Crippen LogP contribution in [0.25, 0.3) is 0 Å². The van der Waals surface area contributed by atoms with E-state index < -0.39 is 10.0 Å². The monoisotopic (exact) mass is 419 g/mol. The number of nitrogens with zero attached hydrogens (tertiary/aromatic N) is 2. The number of piperazine rings is 1. The molecular formula is C21H29N3O4S. The highest BCUT2D eigenvalue weighted by molar-refractivity contribution is 7.92. The maximum absolute atomic E-state index is 13.6. The van der Waals surface area contributed by atoms with Crippen LogP contribution in [0.15, 0.2) is 47.4 Å². The summed E-state index contributed by atoms with van der Waals surface area (Å²) in [5.41, 5.74) is 1.34. The van der Waals surface area contributed by atoms with Crippen molar-refractivity contribution in [3.63, 3.8) is 0 Å². The fraction of sp³-hybridized carbons (Fsp3) is 0.429. The van der Waals surface area contributed by atoms with Gasteiger partial charge in [0.05, 0.1) is 30.5 Å². The molecule has 0 radical (unpaired) electrons. The van der Waals surface area contributed by atoms with E-state index in [1.54, 1.807) is 44.6 Å². The molecule has 1 fully saturated rings. The summed E-state index contributed by atoms with van der Waals surface area (Å²) < 4.78 is 39.6. The highest BCUT2D eigenvalue weighted by Gasteiger charge is 2.28. The maximum atomic E-state index is 13.6. The number of nitrogens with one attached hydrogen (secondary N) is 1. The smallest absolute Gasteiger partial charge is 0.264 e. The van der Waals surface area contributed by atoms with Crippen LogP contribution in [0, 0.1) is 0 Å². The van der Waals surface area contributed by atoms with Crippen LogP contribution >= 0.6 is 0 Å². The standard InChI is InChI=1S/C21H29N3O4S/c1-4-13-24(18-7-5-6-8-20(18)27-2)29(25,26)17-9-10-21(28-3)19(16-17)23-14-11-22-12-15-23/h5-10,16,22H,4,11-15H2,1-3H3. The number of sulfonamides is 1. The van der Waals surface area contributed by atoms with Gasteiger partial charge in [-0.05, 0) is 36.8 Å². The van der Waals surface area contributed by atoms with Crippen LogP contribution in [-0.2, 0) is 10.0 Å². The lowest BCUT2D eigenvalue weighted by atomic mass is 10.2. The number of rotatable bonds is 8. The first-order valence-corrected chi connectivity index (χ1v) is 11.3. The Bertz CT molecular complexity index is 927. The van der Waals surface area contributed by atoms with Crippen LogP contribution in [0.3, 0.4) is 0 Å². The molecule has 7 nitrogen and oxygen atoms in total. The van der Waals surface area contributed by atoms with Crippen molar-refractivity contribution < 1.29 is 17.9 Å². The lowest BCUT2D eigenvalue weighted by Gasteiger charge is -2.31. The molecule has 0 unspecified atom stereocenters. The second-order valence-corrected chi connectivity index (χ2v) is 8.68. The number of methoxy groups -OCH3 is 2. The number of para-hydroxylation sites is 2. The van der Waals surface area contributed by atoms with E-state index in [4.69, 9.17) is 9.47 Å². The Kier molecular flexibility index (Phi) is 6.87. The van der Waals surface area contributed by atoms with Gasteiger partial charge in [0.15, 0.2) is 0 Å². The molecule has 2 aromatic rings. The Morgan fingerprint density at radius 1 is 1.03 bits per heavy atom. The third-order valence-corrected chi connectivity index (χ3v) is 6.79. The van der Waals surface area contributed by atoms with Crippen molar-refractivity contribution in [2.75, 3.05) is 56.1 Å². The van der Waals surface area contributed by atoms with E-state index in [0.29, 0.717) is 30.2 Å². The van der Waals surface area contributed by atoms with Crippen molar-refractivity contribution >= 4 is 21.4 Å². The van der Waals surface area contributed by atoms with Gasteiger partial charge in [-0.2, -0.15) is 0 Å². The minimum absolute atomic E-state index is 0.242. The number of hydrogen-bond acceptors (Lipinski definition) is 6. The Morgan fingerprint density at radius 3 is 2.38 bits per heavy atom. The molecule has 0 atom stereocenters. The molecule has 0 spiro atoms. The number of anilines is 2. The lowest BCUT2D eigenvalue weighted by molar-refractivity contribution is 0.412. The zero-order chi connectivity index (χ0) is 20.9. The molecule has 0 amide bonds. The molecule has 0 saturated carbocycles. The summed E-state index contributed by atoms with van der Waals surface area (Å²) in [5.74, 6) is 1.20. The molecule has 0 bridgehead atoms. The minimum Gasteiger partial charge on any atom is -0.495 e. The Labute approximate surface area is 173 Å². The first kappa shape index (κ1) is 21.3. The van der Waals surface area contributed by atoms with Crippen LogP contribution in [0.1, 0.15) is 13.3 Å². The summed E-state index contributed by atoms with van der Waals surface area (Å²) >= 11 is 0. The van der Waals surface area contributed by atoms with E-state index in [9.17, 15) is 8.42 Å². The van der Waals surface area contributed by atoms with E-state index in [0.717, 1.165) is 31.9 Å². The van der Waals surface area contributed by atoms with Crippen molar-refractivity contribution in [3.05, 3.63) is 42.5 Å². The summed E-state index contributed by atoms with van der Waals surface area (Å²) in [4.78, 5) is 2.40. The van der Waals surface area contributed by atoms with Gasteiger partial charge in [-0.1, -0.05) is 19.1 Å². The van der Waals surface area contributed by atoms with Gasteiger partial charge < -0.3 is 19.7 Å². The summed E-state index contributed by atoms with van der Waals surface area (Å²) in [5, 5.41) is 3.31. The van der Waals surface area contributed by atoms with Gasteiger partial charge in [-0.25, -0.2) is 8.42 Å². The van der Waals surface area contributed by atoms with Crippen molar-refractivity contribution in [2.45, 2.75) is 18.2 Å². The second kappa shape index (κ2) is 9.37. The normalized spacial score (nSPS) is 14.5. The van der Waals surface area contributed by atoms with E-state index >= 15 is 0 Å². The minimum atomic E-state index is -3.78. The SMILES string of the molecule is CCCN(c1ccccc1OC)S(=O)(=O)c1ccc(OC)c(N2CCNCC2)c1. The van der Waals surface area contributed by atoms with Crippen molar-refractivity contribution in [1.29, 1.82) is 0 Å². The number of hydrogen-bond donors (Lipinski definition) is 1. The molecule has 2 aromatic carbocycles. The van der Waals surface area contributed by atoms with Gasteiger partial charge in [0.1, 0.15) is 11.5 Å². The van der Waals surface area contributed by atoms with Crippen LogP contribution in [-0.4, -0.2) is 55.4 Å². The molecule has 1 saturated heterocycles. The predicted molar refractivity (Wildman–Crippen MR) is 116 cm³/mol. The third-order valence-electron chi connectivity index (χ3n) is 4.98. The fourth-order valence-electron chi connectivity index (χ4n) is 3.52. The van der Waals surface area contributed by atoms with Crippen LogP contribution in [0.5, 0.6) is 11.5 Å². The van der Waals surface area contributed by atoms with Gasteiger partial charge in [0.25, 0.3) is 10.0 Å². The molecule has 0 aliphatic carbocycles. The third kappa shape index (κ3) is 4.43. The highest BCUT2D eigenvalue weighted by atomic mass is 32.2. The van der Waals surface area contributed by atoms with E-state index in [-0.39, 0.29) is 4.90 Å². The zero-order valence-corrected chi connectivity index (χ0v) is 18.0. The quantitative estimate of drug-likeness (QED) is 0.709. The van der Waals surface area contributed by atoms with Gasteiger partial charge >= 0.3 is 0 Å². The molecular weight excluding hydrogens is 390 g/mol. The first-order chi connectivity index (χ1) is 14.0. The van der Waals surface area contributed by atoms with Gasteiger partial charge in [-0.15, -0.1) is 0 Å². The molecule has 29 heavy (non-hydrogen) atoms. The maximum Gasteiger partial charge on any atom is 0.264 e. The molecule has 1 N–H and O–H groups in total. The zero-order valence-electron chi connectivity index (χ0n) is 17.2. The summed E-state index contributed by atoms with van der Waals surface area (Å²) in [7, 11) is -0.628. The molecule has 1 aliphatic heterocycles. The van der Waals surface area contributed by atoms with E-state index in [2.05, 4.69) is 10.2 Å². The van der Waals surface area contributed by atoms with Gasteiger partial charge in [0.2, 0.25) is 0 Å². The highest BCUT2D eigenvalue weighted by Crippen LogP contribution is 2.36. The number of ether oxygens (including phenoxy) is 2. The summed E-state index contributed by atoms with van der Waals surface area (Å²) in [6, 6.07) is 12.2. The van der Waals surface area contributed by atoms with E-state index in [1.165, 1.54) is 4.31 Å².